The number of aromatic nitrogens is 1. The van der Waals surface area contributed by atoms with E-state index in [1.54, 1.807) is 19.2 Å². The van der Waals surface area contributed by atoms with E-state index in [0.29, 0.717) is 11.9 Å². The fraction of sp³-hybridized carbons (Fsp3) is 0.0769. The number of hydrogen-bond acceptors (Lipinski definition) is 3. The van der Waals surface area contributed by atoms with Crippen LogP contribution >= 0.6 is 11.6 Å². The van der Waals surface area contributed by atoms with Crippen LogP contribution in [0.5, 0.6) is 0 Å². The lowest BCUT2D eigenvalue weighted by Gasteiger charge is -2.09. The molecule has 4 nitrogen and oxygen atoms in total. The summed E-state index contributed by atoms with van der Waals surface area (Å²) < 4.78 is 26.5. The van der Waals surface area contributed by atoms with Crippen LogP contribution in [-0.4, -0.2) is 17.9 Å². The van der Waals surface area contributed by atoms with Gasteiger partial charge in [0, 0.05) is 13.1 Å². The minimum Gasteiger partial charge on any atom is -0.373 e. The summed E-state index contributed by atoms with van der Waals surface area (Å²) >= 11 is 5.70. The molecule has 0 fully saturated rings. The summed E-state index contributed by atoms with van der Waals surface area (Å²) in [6.07, 6.45) is 0. The lowest BCUT2D eigenvalue weighted by atomic mass is 10.2. The zero-order valence-electron chi connectivity index (χ0n) is 10.4. The first-order valence-corrected chi connectivity index (χ1v) is 5.99. The molecule has 1 aromatic carbocycles. The fourth-order valence-electron chi connectivity index (χ4n) is 1.54. The molecule has 0 aliphatic rings. The van der Waals surface area contributed by atoms with E-state index in [0.717, 1.165) is 6.07 Å². The molecule has 0 atom stereocenters. The summed E-state index contributed by atoms with van der Waals surface area (Å²) in [6, 6.07) is 6.31. The van der Waals surface area contributed by atoms with Crippen LogP contribution in [0, 0.1) is 11.6 Å². The fourth-order valence-corrected chi connectivity index (χ4v) is 1.78. The van der Waals surface area contributed by atoms with Crippen molar-refractivity contribution in [3.63, 3.8) is 0 Å². The molecule has 20 heavy (non-hydrogen) atoms. The van der Waals surface area contributed by atoms with E-state index in [1.165, 1.54) is 6.07 Å². The monoisotopic (exact) mass is 297 g/mol. The molecule has 2 aromatic rings. The van der Waals surface area contributed by atoms with Crippen LogP contribution in [0.15, 0.2) is 30.3 Å². The highest BCUT2D eigenvalue weighted by Crippen LogP contribution is 2.26. The van der Waals surface area contributed by atoms with E-state index in [9.17, 15) is 13.6 Å². The second kappa shape index (κ2) is 5.83. The molecule has 2 N–H and O–H groups in total. The summed E-state index contributed by atoms with van der Waals surface area (Å²) in [5, 5.41) is 4.82. The van der Waals surface area contributed by atoms with Crippen molar-refractivity contribution in [1.82, 2.24) is 4.98 Å². The van der Waals surface area contributed by atoms with E-state index in [-0.39, 0.29) is 16.4 Å². The molecule has 1 heterocycles. The number of anilines is 2. The van der Waals surface area contributed by atoms with Gasteiger partial charge in [0.1, 0.15) is 17.3 Å². The Labute approximate surface area is 118 Å². The van der Waals surface area contributed by atoms with E-state index in [1.807, 2.05) is 0 Å². The Bertz CT molecular complexity index is 641. The first-order chi connectivity index (χ1) is 9.51. The highest BCUT2D eigenvalue weighted by Gasteiger charge is 2.15. The first kappa shape index (κ1) is 14.2. The molecule has 0 unspecified atom stereocenters. The Morgan fingerprint density at radius 1 is 1.30 bits per heavy atom. The number of nitrogens with zero attached hydrogens (tertiary/aromatic N) is 1. The highest BCUT2D eigenvalue weighted by atomic mass is 35.5. The molecule has 0 spiro atoms. The van der Waals surface area contributed by atoms with Crippen molar-refractivity contribution < 1.29 is 13.6 Å². The summed E-state index contributed by atoms with van der Waals surface area (Å²) in [7, 11) is 1.65. The first-order valence-electron chi connectivity index (χ1n) is 5.62. The van der Waals surface area contributed by atoms with Crippen LogP contribution in [-0.2, 0) is 0 Å². The number of halogens is 3. The van der Waals surface area contributed by atoms with Crippen LogP contribution < -0.4 is 10.6 Å². The summed E-state index contributed by atoms with van der Waals surface area (Å²) in [4.78, 5) is 16.0. The van der Waals surface area contributed by atoms with Crippen LogP contribution in [0.2, 0.25) is 5.02 Å². The van der Waals surface area contributed by atoms with Crippen molar-refractivity contribution >= 4 is 29.0 Å². The van der Waals surface area contributed by atoms with Crippen LogP contribution in [0.4, 0.5) is 20.3 Å². The van der Waals surface area contributed by atoms with E-state index in [4.69, 9.17) is 11.6 Å². The van der Waals surface area contributed by atoms with Gasteiger partial charge in [-0.1, -0.05) is 17.7 Å². The van der Waals surface area contributed by atoms with Crippen molar-refractivity contribution in [3.8, 4) is 0 Å². The smallest absolute Gasteiger partial charge is 0.274 e. The van der Waals surface area contributed by atoms with E-state index in [2.05, 4.69) is 15.6 Å². The van der Waals surface area contributed by atoms with Gasteiger partial charge in [-0.15, -0.1) is 0 Å². The molecule has 7 heteroatoms. The molecular formula is C13H10ClF2N3O. The van der Waals surface area contributed by atoms with Gasteiger partial charge in [-0.2, -0.15) is 0 Å². The van der Waals surface area contributed by atoms with Crippen molar-refractivity contribution in [2.45, 2.75) is 0 Å². The summed E-state index contributed by atoms with van der Waals surface area (Å²) in [5.74, 6) is -1.92. The van der Waals surface area contributed by atoms with Crippen molar-refractivity contribution in [3.05, 3.63) is 52.7 Å². The molecule has 1 aromatic heterocycles. The third-order valence-electron chi connectivity index (χ3n) is 2.48. The standard InChI is InChI=1S/C13H10ClF2N3O/c1-17-11-4-2-3-10(18-11)13(20)19-12-8(14)5-7(15)6-9(12)16/h2-6H,1H3,(H,17,18)(H,19,20). The molecule has 104 valence electrons. The van der Waals surface area contributed by atoms with Gasteiger partial charge in [0.2, 0.25) is 0 Å². The number of carbonyl (C=O) groups excluding carboxylic acids is 1. The van der Waals surface area contributed by atoms with E-state index < -0.39 is 17.5 Å². The molecule has 1 amide bonds. The minimum absolute atomic E-state index is 0.0802. The predicted molar refractivity (Wildman–Crippen MR) is 73.1 cm³/mol. The minimum atomic E-state index is -0.951. The Balaban J connectivity index is 2.28. The Kier molecular flexibility index (Phi) is 4.14. The SMILES string of the molecule is CNc1cccc(C(=O)Nc2c(F)cc(F)cc2Cl)n1. The van der Waals surface area contributed by atoms with Crippen molar-refractivity contribution in [2.75, 3.05) is 17.7 Å². The van der Waals surface area contributed by atoms with Gasteiger partial charge in [-0.05, 0) is 18.2 Å². The number of benzene rings is 1. The quantitative estimate of drug-likeness (QED) is 0.914. The summed E-state index contributed by atoms with van der Waals surface area (Å²) in [5.41, 5.74) is -0.202. The number of amides is 1. The second-order valence-electron chi connectivity index (χ2n) is 3.86. The number of pyridine rings is 1. The molecule has 0 radical (unpaired) electrons. The second-order valence-corrected chi connectivity index (χ2v) is 4.26. The average Bonchev–Trinajstić information content (AvgIpc) is 2.42. The molecule has 0 aliphatic carbocycles. The molecular weight excluding hydrogens is 288 g/mol. The number of carbonyl (C=O) groups is 1. The molecule has 0 saturated carbocycles. The molecule has 0 saturated heterocycles. The number of hydrogen-bond donors (Lipinski definition) is 2. The highest BCUT2D eigenvalue weighted by molar-refractivity contribution is 6.33. The van der Waals surface area contributed by atoms with Gasteiger partial charge < -0.3 is 10.6 Å². The van der Waals surface area contributed by atoms with Gasteiger partial charge >= 0.3 is 0 Å². The average molecular weight is 298 g/mol. The lowest BCUT2D eigenvalue weighted by molar-refractivity contribution is 0.102. The normalized spacial score (nSPS) is 10.2. The third kappa shape index (κ3) is 3.03. The van der Waals surface area contributed by atoms with Gasteiger partial charge in [0.25, 0.3) is 5.91 Å². The van der Waals surface area contributed by atoms with Crippen molar-refractivity contribution in [2.24, 2.45) is 0 Å². The van der Waals surface area contributed by atoms with E-state index >= 15 is 0 Å². The Hall–Kier alpha value is -2.21. The zero-order valence-corrected chi connectivity index (χ0v) is 11.1. The van der Waals surface area contributed by atoms with Crippen LogP contribution in [0.25, 0.3) is 0 Å². The maximum absolute atomic E-state index is 13.6. The van der Waals surface area contributed by atoms with Gasteiger partial charge in [-0.3, -0.25) is 4.79 Å². The summed E-state index contributed by atoms with van der Waals surface area (Å²) in [6.45, 7) is 0. The zero-order chi connectivity index (χ0) is 14.7. The Morgan fingerprint density at radius 3 is 2.70 bits per heavy atom. The maximum Gasteiger partial charge on any atom is 0.274 e. The topological polar surface area (TPSA) is 54.0 Å². The molecule has 0 bridgehead atoms. The maximum atomic E-state index is 13.6. The third-order valence-corrected chi connectivity index (χ3v) is 2.78. The van der Waals surface area contributed by atoms with Crippen molar-refractivity contribution in [1.29, 1.82) is 0 Å². The largest absolute Gasteiger partial charge is 0.373 e. The molecule has 2 rings (SSSR count). The number of nitrogens with one attached hydrogen (secondary N) is 2. The molecule has 0 aliphatic heterocycles. The van der Waals surface area contributed by atoms with Crippen LogP contribution in [0.3, 0.4) is 0 Å². The lowest BCUT2D eigenvalue weighted by Crippen LogP contribution is -2.15. The van der Waals surface area contributed by atoms with Gasteiger partial charge in [-0.25, -0.2) is 13.8 Å². The number of rotatable bonds is 3. The van der Waals surface area contributed by atoms with Gasteiger partial charge in [0.15, 0.2) is 5.82 Å². The van der Waals surface area contributed by atoms with Gasteiger partial charge in [0.05, 0.1) is 10.7 Å². The van der Waals surface area contributed by atoms with Crippen LogP contribution in [0.1, 0.15) is 10.5 Å². The predicted octanol–water partition coefficient (Wildman–Crippen LogP) is 3.31. The Morgan fingerprint density at radius 2 is 2.05 bits per heavy atom.